The van der Waals surface area contributed by atoms with Gasteiger partial charge >= 0.3 is 0 Å². The van der Waals surface area contributed by atoms with Gasteiger partial charge in [-0.05, 0) is 42.8 Å². The van der Waals surface area contributed by atoms with Gasteiger partial charge in [-0.25, -0.2) is 23.1 Å². The highest BCUT2D eigenvalue weighted by Gasteiger charge is 2.21. The smallest absolute Gasteiger partial charge is 0.286 e. The monoisotopic (exact) mass is 418 g/mol. The maximum atomic E-state index is 14.3. The lowest BCUT2D eigenvalue weighted by molar-refractivity contribution is 0.481. The quantitative estimate of drug-likeness (QED) is 0.471. The van der Waals surface area contributed by atoms with E-state index in [1.54, 1.807) is 32.2 Å². The van der Waals surface area contributed by atoms with Crippen LogP contribution in [0.15, 0.2) is 41.5 Å². The summed E-state index contributed by atoms with van der Waals surface area (Å²) in [5.41, 5.74) is 0.436. The first-order chi connectivity index (χ1) is 13.8. The van der Waals surface area contributed by atoms with Crippen LogP contribution in [0.4, 0.5) is 13.2 Å². The fourth-order valence-electron chi connectivity index (χ4n) is 3.14. The van der Waals surface area contributed by atoms with Crippen molar-refractivity contribution in [2.75, 3.05) is 0 Å². The number of hydrogen-bond acceptors (Lipinski definition) is 3. The van der Waals surface area contributed by atoms with Crippen LogP contribution in [0.2, 0.25) is 5.02 Å². The Morgan fingerprint density at radius 2 is 1.83 bits per heavy atom. The molecule has 4 rings (SSSR count). The molecule has 29 heavy (non-hydrogen) atoms. The minimum Gasteiger partial charge on any atom is -0.318 e. The van der Waals surface area contributed by atoms with Crippen molar-refractivity contribution < 1.29 is 13.2 Å². The van der Waals surface area contributed by atoms with Crippen molar-refractivity contribution in [2.24, 2.45) is 7.05 Å². The lowest BCUT2D eigenvalue weighted by Crippen LogP contribution is -2.25. The largest absolute Gasteiger partial charge is 0.318 e. The Kier molecular flexibility index (Phi) is 4.66. The minimum atomic E-state index is -1.32. The average Bonchev–Trinajstić information content (AvgIpc) is 3.06. The summed E-state index contributed by atoms with van der Waals surface area (Å²) in [6.07, 6.45) is 0.983. The van der Waals surface area contributed by atoms with E-state index in [-0.39, 0.29) is 17.0 Å². The fourth-order valence-corrected chi connectivity index (χ4v) is 3.26. The van der Waals surface area contributed by atoms with Crippen LogP contribution in [-0.4, -0.2) is 19.1 Å². The average molecular weight is 419 g/mol. The lowest BCUT2D eigenvalue weighted by Gasteiger charge is -2.14. The van der Waals surface area contributed by atoms with Gasteiger partial charge in [-0.3, -0.25) is 9.36 Å². The second-order valence-electron chi connectivity index (χ2n) is 6.63. The molecular weight excluding hydrogens is 405 g/mol. The van der Waals surface area contributed by atoms with Crippen LogP contribution in [0.1, 0.15) is 17.0 Å². The predicted octanol–water partition coefficient (Wildman–Crippen LogP) is 4.09. The molecule has 148 valence electrons. The summed E-state index contributed by atoms with van der Waals surface area (Å²) in [6, 6.07) is 6.40. The standard InChI is InChI=1S/C20H14ClF3N4O/c1-10-7-11(3-4-13(10)21)28-16(8-12-14(22)5-6-15(23)17(12)24)26-19-18(20(28)29)25-9-27(19)2/h3-7,9H,8H2,1-2H3. The Labute approximate surface area is 168 Å². The number of imidazole rings is 1. The van der Waals surface area contributed by atoms with Crippen LogP contribution < -0.4 is 5.56 Å². The molecule has 0 saturated carbocycles. The van der Waals surface area contributed by atoms with Crippen molar-refractivity contribution >= 4 is 22.8 Å². The Hall–Kier alpha value is -3.13. The van der Waals surface area contributed by atoms with Gasteiger partial charge in [-0.15, -0.1) is 0 Å². The van der Waals surface area contributed by atoms with Crippen molar-refractivity contribution in [3.63, 3.8) is 0 Å². The van der Waals surface area contributed by atoms with Crippen LogP contribution in [0, 0.1) is 24.4 Å². The SMILES string of the molecule is Cc1cc(-n2c(Cc3c(F)ccc(F)c3F)nc3c(ncn3C)c2=O)ccc1Cl. The van der Waals surface area contributed by atoms with Crippen molar-refractivity contribution in [1.29, 1.82) is 0 Å². The maximum Gasteiger partial charge on any atom is 0.286 e. The summed E-state index contributed by atoms with van der Waals surface area (Å²) in [5.74, 6) is -3.39. The van der Waals surface area contributed by atoms with E-state index in [9.17, 15) is 18.0 Å². The number of aromatic nitrogens is 4. The molecule has 5 nitrogen and oxygen atoms in total. The van der Waals surface area contributed by atoms with Gasteiger partial charge in [0.15, 0.2) is 22.8 Å². The number of rotatable bonds is 3. The summed E-state index contributed by atoms with van der Waals surface area (Å²) in [7, 11) is 1.64. The van der Waals surface area contributed by atoms with E-state index in [2.05, 4.69) is 9.97 Å². The minimum absolute atomic E-state index is 0.0382. The molecule has 0 fully saturated rings. The molecule has 0 radical (unpaired) electrons. The molecule has 0 saturated heterocycles. The summed E-state index contributed by atoms with van der Waals surface area (Å²) in [4.78, 5) is 21.6. The highest BCUT2D eigenvalue weighted by Crippen LogP contribution is 2.23. The predicted molar refractivity (Wildman–Crippen MR) is 103 cm³/mol. The fraction of sp³-hybridized carbons (Fsp3) is 0.150. The van der Waals surface area contributed by atoms with Crippen LogP contribution >= 0.6 is 11.6 Å². The molecule has 2 aromatic heterocycles. The molecule has 9 heteroatoms. The van der Waals surface area contributed by atoms with Crippen LogP contribution in [-0.2, 0) is 13.5 Å². The van der Waals surface area contributed by atoms with Gasteiger partial charge in [0, 0.05) is 24.1 Å². The normalized spacial score (nSPS) is 11.4. The number of nitrogens with zero attached hydrogens (tertiary/aromatic N) is 4. The zero-order valence-electron chi connectivity index (χ0n) is 15.4. The van der Waals surface area contributed by atoms with E-state index < -0.39 is 35.0 Å². The molecule has 4 aromatic rings. The molecular formula is C20H14ClF3N4O. The van der Waals surface area contributed by atoms with E-state index in [0.717, 1.165) is 6.07 Å². The Bertz CT molecular complexity index is 1330. The highest BCUT2D eigenvalue weighted by atomic mass is 35.5. The third-order valence-corrected chi connectivity index (χ3v) is 5.10. The summed E-state index contributed by atoms with van der Waals surface area (Å²) < 4.78 is 44.9. The van der Waals surface area contributed by atoms with E-state index in [1.807, 2.05) is 0 Å². The van der Waals surface area contributed by atoms with E-state index in [0.29, 0.717) is 22.3 Å². The third kappa shape index (κ3) is 3.19. The third-order valence-electron chi connectivity index (χ3n) is 4.68. The molecule has 0 amide bonds. The second-order valence-corrected chi connectivity index (χ2v) is 7.04. The first-order valence-corrected chi connectivity index (χ1v) is 8.97. The van der Waals surface area contributed by atoms with Gasteiger partial charge in [-0.1, -0.05) is 11.6 Å². The molecule has 0 unspecified atom stereocenters. The van der Waals surface area contributed by atoms with Gasteiger partial charge in [0.05, 0.1) is 12.0 Å². The Morgan fingerprint density at radius 1 is 1.10 bits per heavy atom. The van der Waals surface area contributed by atoms with Crippen molar-refractivity contribution in [1.82, 2.24) is 19.1 Å². The van der Waals surface area contributed by atoms with E-state index in [1.165, 1.54) is 15.5 Å². The Balaban J connectivity index is 2.02. The zero-order valence-corrected chi connectivity index (χ0v) is 16.1. The van der Waals surface area contributed by atoms with Crippen LogP contribution in [0.3, 0.4) is 0 Å². The maximum absolute atomic E-state index is 14.3. The molecule has 0 aliphatic heterocycles. The number of hydrogen-bond donors (Lipinski definition) is 0. The molecule has 0 N–H and O–H groups in total. The van der Waals surface area contributed by atoms with Crippen molar-refractivity contribution in [3.8, 4) is 5.69 Å². The molecule has 2 aromatic carbocycles. The highest BCUT2D eigenvalue weighted by molar-refractivity contribution is 6.31. The lowest BCUT2D eigenvalue weighted by atomic mass is 10.1. The van der Waals surface area contributed by atoms with Crippen LogP contribution in [0.5, 0.6) is 0 Å². The molecule has 0 bridgehead atoms. The van der Waals surface area contributed by atoms with Crippen molar-refractivity contribution in [2.45, 2.75) is 13.3 Å². The summed E-state index contributed by atoms with van der Waals surface area (Å²) in [5, 5.41) is 0.498. The molecule has 0 aliphatic rings. The van der Waals surface area contributed by atoms with Gasteiger partial charge < -0.3 is 4.57 Å². The van der Waals surface area contributed by atoms with E-state index in [4.69, 9.17) is 11.6 Å². The number of benzene rings is 2. The summed E-state index contributed by atoms with van der Waals surface area (Å²) >= 11 is 6.08. The summed E-state index contributed by atoms with van der Waals surface area (Å²) in [6.45, 7) is 1.76. The van der Waals surface area contributed by atoms with Gasteiger partial charge in [-0.2, -0.15) is 0 Å². The topological polar surface area (TPSA) is 52.7 Å². The van der Waals surface area contributed by atoms with Gasteiger partial charge in [0.2, 0.25) is 0 Å². The first kappa shape index (κ1) is 19.2. The number of fused-ring (bicyclic) bond motifs is 1. The number of halogens is 4. The van der Waals surface area contributed by atoms with Gasteiger partial charge in [0.1, 0.15) is 11.6 Å². The second kappa shape index (κ2) is 7.04. The molecule has 0 atom stereocenters. The Morgan fingerprint density at radius 3 is 2.55 bits per heavy atom. The van der Waals surface area contributed by atoms with Crippen molar-refractivity contribution in [3.05, 3.63) is 86.4 Å². The molecule has 0 aliphatic carbocycles. The number of aryl methyl sites for hydroxylation is 2. The van der Waals surface area contributed by atoms with Gasteiger partial charge in [0.25, 0.3) is 5.56 Å². The zero-order chi connectivity index (χ0) is 20.9. The first-order valence-electron chi connectivity index (χ1n) is 8.59. The molecule has 0 spiro atoms. The van der Waals surface area contributed by atoms with E-state index >= 15 is 0 Å². The van der Waals surface area contributed by atoms with Crippen LogP contribution in [0.25, 0.3) is 16.9 Å². The molecule has 2 heterocycles.